The quantitative estimate of drug-likeness (QED) is 0.326. The maximum atomic E-state index is 12.1. The number of nitrogens with one attached hydrogen (secondary N) is 2. The van der Waals surface area contributed by atoms with Gasteiger partial charge in [0.2, 0.25) is 0 Å². The molecule has 0 radical (unpaired) electrons. The summed E-state index contributed by atoms with van der Waals surface area (Å²) in [6, 6.07) is 17.5. The number of ether oxygens (including phenoxy) is 1. The number of nitrogens with zero attached hydrogens (tertiary/aromatic N) is 2. The van der Waals surface area contributed by atoms with Gasteiger partial charge in [-0.1, -0.05) is 30.3 Å². The number of hydrogen-bond donors (Lipinski definition) is 2. The van der Waals surface area contributed by atoms with Gasteiger partial charge in [-0.2, -0.15) is 0 Å². The predicted octanol–water partition coefficient (Wildman–Crippen LogP) is 3.18. The molecule has 0 spiro atoms. The van der Waals surface area contributed by atoms with Gasteiger partial charge >= 0.3 is 0 Å². The van der Waals surface area contributed by atoms with E-state index in [-0.39, 0.29) is 36.0 Å². The molecular formula is C22H31IN4O2. The molecule has 158 valence electrons. The maximum Gasteiger partial charge on any atom is 0.253 e. The molecule has 2 aromatic rings. The highest BCUT2D eigenvalue weighted by molar-refractivity contribution is 14.0. The molecule has 1 amide bonds. The Labute approximate surface area is 190 Å². The molecule has 0 saturated heterocycles. The summed E-state index contributed by atoms with van der Waals surface area (Å²) in [6.45, 7) is 3.37. The van der Waals surface area contributed by atoms with E-state index in [9.17, 15) is 4.79 Å². The van der Waals surface area contributed by atoms with Crippen LogP contribution in [0.5, 0.6) is 5.75 Å². The first-order chi connectivity index (χ1) is 13.5. The molecule has 2 rings (SSSR count). The second kappa shape index (κ2) is 13.0. The van der Waals surface area contributed by atoms with Crippen LogP contribution in [0.4, 0.5) is 0 Å². The Hall–Kier alpha value is -2.29. The number of guanidine groups is 1. The highest BCUT2D eigenvalue weighted by atomic mass is 127. The van der Waals surface area contributed by atoms with Gasteiger partial charge < -0.3 is 20.3 Å². The van der Waals surface area contributed by atoms with Crippen LogP contribution in [-0.2, 0) is 6.42 Å². The van der Waals surface area contributed by atoms with Crippen molar-refractivity contribution in [1.82, 2.24) is 15.5 Å². The van der Waals surface area contributed by atoms with E-state index in [0.717, 1.165) is 23.7 Å². The van der Waals surface area contributed by atoms with Gasteiger partial charge in [0.1, 0.15) is 11.9 Å². The van der Waals surface area contributed by atoms with Crippen molar-refractivity contribution in [3.63, 3.8) is 0 Å². The van der Waals surface area contributed by atoms with E-state index in [2.05, 4.69) is 15.6 Å². The van der Waals surface area contributed by atoms with Gasteiger partial charge in [-0.15, -0.1) is 24.0 Å². The van der Waals surface area contributed by atoms with E-state index in [0.29, 0.717) is 18.7 Å². The third-order valence-corrected chi connectivity index (χ3v) is 4.15. The van der Waals surface area contributed by atoms with Crippen molar-refractivity contribution < 1.29 is 9.53 Å². The first-order valence-electron chi connectivity index (χ1n) is 9.46. The van der Waals surface area contributed by atoms with Crippen LogP contribution in [0.2, 0.25) is 0 Å². The minimum Gasteiger partial charge on any atom is -0.489 e. The van der Waals surface area contributed by atoms with Gasteiger partial charge in [0.15, 0.2) is 5.96 Å². The molecule has 0 saturated carbocycles. The molecule has 0 bridgehead atoms. The number of aliphatic imine (C=N–C) groups is 1. The van der Waals surface area contributed by atoms with E-state index in [1.54, 1.807) is 26.0 Å². The number of halogens is 1. The molecule has 7 heteroatoms. The predicted molar refractivity (Wildman–Crippen MR) is 129 cm³/mol. The van der Waals surface area contributed by atoms with Crippen LogP contribution in [0.1, 0.15) is 22.8 Å². The molecule has 29 heavy (non-hydrogen) atoms. The molecule has 1 unspecified atom stereocenters. The largest absolute Gasteiger partial charge is 0.489 e. The standard InChI is InChI=1S/C22H30N4O2.HI/c1-17(28-20-11-6-5-7-12-20)16-25-22(23-2)24-14-13-18-9-8-10-19(15-18)21(27)26(3)4;/h5-12,15,17H,13-14,16H2,1-4H3,(H2,23,24,25);1H. The Morgan fingerprint density at radius 1 is 1.10 bits per heavy atom. The number of benzene rings is 2. The highest BCUT2D eigenvalue weighted by Crippen LogP contribution is 2.10. The monoisotopic (exact) mass is 510 g/mol. The van der Waals surface area contributed by atoms with Crippen molar-refractivity contribution in [1.29, 1.82) is 0 Å². The van der Waals surface area contributed by atoms with E-state index in [1.807, 2.05) is 61.5 Å². The summed E-state index contributed by atoms with van der Waals surface area (Å²) in [7, 11) is 5.26. The van der Waals surface area contributed by atoms with Crippen molar-refractivity contribution >= 4 is 35.8 Å². The fourth-order valence-electron chi connectivity index (χ4n) is 2.68. The van der Waals surface area contributed by atoms with Crippen molar-refractivity contribution in [2.75, 3.05) is 34.2 Å². The smallest absolute Gasteiger partial charge is 0.253 e. The van der Waals surface area contributed by atoms with Crippen LogP contribution in [0.25, 0.3) is 0 Å². The van der Waals surface area contributed by atoms with Gasteiger partial charge in [-0.05, 0) is 43.2 Å². The van der Waals surface area contributed by atoms with Crippen LogP contribution in [-0.4, -0.2) is 57.1 Å². The Morgan fingerprint density at radius 2 is 1.83 bits per heavy atom. The second-order valence-electron chi connectivity index (χ2n) is 6.77. The van der Waals surface area contributed by atoms with Crippen LogP contribution >= 0.6 is 24.0 Å². The normalized spacial score (nSPS) is 11.8. The molecule has 0 fully saturated rings. The van der Waals surface area contributed by atoms with E-state index in [1.165, 1.54) is 0 Å². The second-order valence-corrected chi connectivity index (χ2v) is 6.77. The number of carbonyl (C=O) groups excluding carboxylic acids is 1. The Balaban J connectivity index is 0.00000420. The van der Waals surface area contributed by atoms with Gasteiger partial charge in [0, 0.05) is 33.3 Å². The SMILES string of the molecule is CN=C(NCCc1cccc(C(=O)N(C)C)c1)NCC(C)Oc1ccccc1.I. The highest BCUT2D eigenvalue weighted by Gasteiger charge is 2.09. The maximum absolute atomic E-state index is 12.1. The van der Waals surface area contributed by atoms with Crippen LogP contribution < -0.4 is 15.4 Å². The number of rotatable bonds is 8. The lowest BCUT2D eigenvalue weighted by Gasteiger charge is -2.18. The molecule has 0 aromatic heterocycles. The average Bonchev–Trinajstić information content (AvgIpc) is 2.70. The van der Waals surface area contributed by atoms with Gasteiger partial charge in [-0.25, -0.2) is 0 Å². The molecule has 6 nitrogen and oxygen atoms in total. The van der Waals surface area contributed by atoms with E-state index < -0.39 is 0 Å². The topological polar surface area (TPSA) is 66.0 Å². The average molecular weight is 510 g/mol. The van der Waals surface area contributed by atoms with Crippen LogP contribution in [0.3, 0.4) is 0 Å². The van der Waals surface area contributed by atoms with Gasteiger partial charge in [0.25, 0.3) is 5.91 Å². The summed E-state index contributed by atoms with van der Waals surface area (Å²) >= 11 is 0. The zero-order valence-corrected chi connectivity index (χ0v) is 19.8. The van der Waals surface area contributed by atoms with Crippen LogP contribution in [0.15, 0.2) is 59.6 Å². The Kier molecular flexibility index (Phi) is 11.1. The molecule has 1 atom stereocenters. The minimum absolute atomic E-state index is 0. The molecular weight excluding hydrogens is 479 g/mol. The Morgan fingerprint density at radius 3 is 2.48 bits per heavy atom. The lowest BCUT2D eigenvalue weighted by atomic mass is 10.1. The first-order valence-corrected chi connectivity index (χ1v) is 9.46. The summed E-state index contributed by atoms with van der Waals surface area (Å²) < 4.78 is 5.86. The van der Waals surface area contributed by atoms with E-state index >= 15 is 0 Å². The zero-order chi connectivity index (χ0) is 20.4. The first kappa shape index (κ1) is 24.7. The summed E-state index contributed by atoms with van der Waals surface area (Å²) in [5.41, 5.74) is 1.81. The zero-order valence-electron chi connectivity index (χ0n) is 17.5. The molecule has 2 aromatic carbocycles. The fourth-order valence-corrected chi connectivity index (χ4v) is 2.68. The number of hydrogen-bond acceptors (Lipinski definition) is 3. The van der Waals surface area contributed by atoms with Crippen molar-refractivity contribution in [3.05, 3.63) is 65.7 Å². The third-order valence-electron chi connectivity index (χ3n) is 4.15. The van der Waals surface area contributed by atoms with Gasteiger partial charge in [-0.3, -0.25) is 9.79 Å². The number of para-hydroxylation sites is 1. The van der Waals surface area contributed by atoms with Crippen molar-refractivity contribution in [2.24, 2.45) is 4.99 Å². The Bertz CT molecular complexity index is 781. The lowest BCUT2D eigenvalue weighted by molar-refractivity contribution is 0.0827. The van der Waals surface area contributed by atoms with Crippen molar-refractivity contribution in [2.45, 2.75) is 19.4 Å². The number of amides is 1. The molecule has 0 aliphatic carbocycles. The summed E-state index contributed by atoms with van der Waals surface area (Å²) in [5.74, 6) is 1.59. The van der Waals surface area contributed by atoms with E-state index in [4.69, 9.17) is 4.74 Å². The minimum atomic E-state index is 0. The van der Waals surface area contributed by atoms with Crippen molar-refractivity contribution in [3.8, 4) is 5.75 Å². The molecule has 0 heterocycles. The fraction of sp³-hybridized carbons (Fsp3) is 0.364. The number of carbonyl (C=O) groups is 1. The summed E-state index contributed by atoms with van der Waals surface area (Å²) in [4.78, 5) is 17.9. The molecule has 2 N–H and O–H groups in total. The molecule has 0 aliphatic rings. The van der Waals surface area contributed by atoms with Gasteiger partial charge in [0.05, 0.1) is 6.54 Å². The van der Waals surface area contributed by atoms with Crippen LogP contribution in [0, 0.1) is 0 Å². The lowest BCUT2D eigenvalue weighted by Crippen LogP contribution is -2.42. The molecule has 0 aliphatic heterocycles. The summed E-state index contributed by atoms with van der Waals surface area (Å²) in [6.07, 6.45) is 0.806. The summed E-state index contributed by atoms with van der Waals surface area (Å²) in [5, 5.41) is 6.57. The third kappa shape index (κ3) is 8.72.